The van der Waals surface area contributed by atoms with E-state index in [1.807, 2.05) is 91.0 Å². The van der Waals surface area contributed by atoms with Crippen LogP contribution in [0.2, 0.25) is 0 Å². The van der Waals surface area contributed by atoms with E-state index < -0.39 is 0 Å². The minimum Gasteiger partial charge on any atom is -0.440 e. The summed E-state index contributed by atoms with van der Waals surface area (Å²) in [6.45, 7) is 0.524. The Labute approximate surface area is 170 Å². The average molecular weight is 382 g/mol. The van der Waals surface area contributed by atoms with Crippen LogP contribution in [0.1, 0.15) is 17.9 Å². The van der Waals surface area contributed by atoms with Gasteiger partial charge in [0.1, 0.15) is 5.69 Å². The highest BCUT2D eigenvalue weighted by molar-refractivity contribution is 5.77. The fourth-order valence-electron chi connectivity index (χ4n) is 3.15. The second-order valence-electron chi connectivity index (χ2n) is 6.78. The molecule has 29 heavy (non-hydrogen) atoms. The van der Waals surface area contributed by atoms with Gasteiger partial charge in [-0.3, -0.25) is 4.79 Å². The normalized spacial score (nSPS) is 10.6. The van der Waals surface area contributed by atoms with Crippen LogP contribution >= 0.6 is 0 Å². The number of nitrogens with zero attached hydrogens (tertiary/aromatic N) is 1. The highest BCUT2D eigenvalue weighted by Gasteiger charge is 2.17. The lowest BCUT2D eigenvalue weighted by molar-refractivity contribution is -0.121. The van der Waals surface area contributed by atoms with Gasteiger partial charge in [-0.15, -0.1) is 0 Å². The molecular weight excluding hydrogens is 360 g/mol. The summed E-state index contributed by atoms with van der Waals surface area (Å²) in [6.07, 6.45) is 0.781. The van der Waals surface area contributed by atoms with Gasteiger partial charge < -0.3 is 9.73 Å². The second kappa shape index (κ2) is 9.02. The van der Waals surface area contributed by atoms with Crippen molar-refractivity contribution in [2.45, 2.75) is 19.4 Å². The number of carbonyl (C=O) groups excluding carboxylic acids is 1. The molecule has 4 rings (SSSR count). The molecule has 0 saturated heterocycles. The van der Waals surface area contributed by atoms with Crippen LogP contribution < -0.4 is 5.32 Å². The van der Waals surface area contributed by atoms with Crippen LogP contribution in [0.25, 0.3) is 22.6 Å². The maximum atomic E-state index is 12.2. The number of hydrogen-bond acceptors (Lipinski definition) is 3. The molecule has 4 aromatic rings. The van der Waals surface area contributed by atoms with Crippen molar-refractivity contribution < 1.29 is 9.21 Å². The summed E-state index contributed by atoms with van der Waals surface area (Å²) in [5.41, 5.74) is 3.85. The highest BCUT2D eigenvalue weighted by atomic mass is 16.4. The number of benzene rings is 3. The van der Waals surface area contributed by atoms with Crippen LogP contribution in [0.5, 0.6) is 0 Å². The number of rotatable bonds is 7. The molecule has 3 aromatic carbocycles. The molecule has 0 bridgehead atoms. The average Bonchev–Trinajstić information content (AvgIpc) is 3.23. The first-order valence-corrected chi connectivity index (χ1v) is 9.71. The van der Waals surface area contributed by atoms with E-state index in [9.17, 15) is 4.79 Å². The van der Waals surface area contributed by atoms with E-state index in [0.717, 1.165) is 28.1 Å². The van der Waals surface area contributed by atoms with Gasteiger partial charge in [-0.2, -0.15) is 0 Å². The zero-order chi connectivity index (χ0) is 19.9. The van der Waals surface area contributed by atoms with Crippen molar-refractivity contribution in [1.29, 1.82) is 0 Å². The Morgan fingerprint density at radius 2 is 1.38 bits per heavy atom. The number of amides is 1. The van der Waals surface area contributed by atoms with Crippen molar-refractivity contribution in [3.8, 4) is 22.6 Å². The summed E-state index contributed by atoms with van der Waals surface area (Å²) in [6, 6.07) is 29.8. The molecule has 0 saturated carbocycles. The van der Waals surface area contributed by atoms with E-state index in [1.54, 1.807) is 0 Å². The molecule has 0 fully saturated rings. The Morgan fingerprint density at radius 3 is 2.03 bits per heavy atom. The maximum Gasteiger partial charge on any atom is 0.220 e. The van der Waals surface area contributed by atoms with E-state index in [0.29, 0.717) is 25.3 Å². The van der Waals surface area contributed by atoms with Crippen molar-refractivity contribution in [2.24, 2.45) is 0 Å². The first-order chi connectivity index (χ1) is 14.3. The summed E-state index contributed by atoms with van der Waals surface area (Å²) < 4.78 is 6.08. The van der Waals surface area contributed by atoms with Crippen molar-refractivity contribution >= 4 is 5.91 Å². The summed E-state index contributed by atoms with van der Waals surface area (Å²) in [4.78, 5) is 16.9. The molecule has 144 valence electrons. The Balaban J connectivity index is 1.48. The van der Waals surface area contributed by atoms with Gasteiger partial charge in [0.2, 0.25) is 5.91 Å². The molecule has 1 amide bonds. The van der Waals surface area contributed by atoms with Crippen LogP contribution in [-0.4, -0.2) is 10.9 Å². The Kier molecular flexibility index (Phi) is 5.81. The van der Waals surface area contributed by atoms with Gasteiger partial charge in [0.05, 0.1) is 0 Å². The van der Waals surface area contributed by atoms with Gasteiger partial charge in [0.15, 0.2) is 11.7 Å². The third kappa shape index (κ3) is 4.79. The summed E-state index contributed by atoms with van der Waals surface area (Å²) in [5, 5.41) is 2.95. The molecule has 0 aliphatic rings. The Bertz CT molecular complexity index is 1000. The molecule has 1 N–H and O–H groups in total. The van der Waals surface area contributed by atoms with E-state index in [1.165, 1.54) is 0 Å². The fourth-order valence-corrected chi connectivity index (χ4v) is 3.15. The van der Waals surface area contributed by atoms with Gasteiger partial charge in [-0.25, -0.2) is 4.98 Å². The molecule has 1 aromatic heterocycles. The second-order valence-corrected chi connectivity index (χ2v) is 6.78. The number of aryl methyl sites for hydroxylation is 1. The standard InChI is InChI=1S/C25H22N2O2/c28-22(26-18-19-10-4-1-5-11-19)16-17-23-27-24(20-12-6-2-7-13-20)25(29-23)21-14-8-3-9-15-21/h1-15H,16-18H2,(H,26,28). The first-order valence-electron chi connectivity index (χ1n) is 9.71. The number of aromatic nitrogens is 1. The number of oxazole rings is 1. The van der Waals surface area contributed by atoms with Crippen molar-refractivity contribution in [3.05, 3.63) is 102 Å². The quantitative estimate of drug-likeness (QED) is 0.474. The number of nitrogens with one attached hydrogen (secondary N) is 1. The lowest BCUT2D eigenvalue weighted by Gasteiger charge is -2.04. The zero-order valence-corrected chi connectivity index (χ0v) is 16.0. The van der Waals surface area contributed by atoms with Crippen LogP contribution in [0.4, 0.5) is 0 Å². The predicted molar refractivity (Wildman–Crippen MR) is 114 cm³/mol. The highest BCUT2D eigenvalue weighted by Crippen LogP contribution is 2.32. The van der Waals surface area contributed by atoms with Crippen LogP contribution in [0, 0.1) is 0 Å². The third-order valence-corrected chi connectivity index (χ3v) is 4.65. The van der Waals surface area contributed by atoms with Gasteiger partial charge in [-0.1, -0.05) is 91.0 Å². The van der Waals surface area contributed by atoms with E-state index in [-0.39, 0.29) is 5.91 Å². The Hall–Kier alpha value is -3.66. The van der Waals surface area contributed by atoms with E-state index >= 15 is 0 Å². The van der Waals surface area contributed by atoms with Crippen molar-refractivity contribution in [3.63, 3.8) is 0 Å². The molecule has 0 radical (unpaired) electrons. The lowest BCUT2D eigenvalue weighted by atomic mass is 10.1. The van der Waals surface area contributed by atoms with Gasteiger partial charge >= 0.3 is 0 Å². The molecule has 0 spiro atoms. The van der Waals surface area contributed by atoms with Crippen molar-refractivity contribution in [2.75, 3.05) is 0 Å². The topological polar surface area (TPSA) is 55.1 Å². The van der Waals surface area contributed by atoms with Gasteiger partial charge in [0.25, 0.3) is 0 Å². The minimum absolute atomic E-state index is 0.0189. The van der Waals surface area contributed by atoms with Gasteiger partial charge in [-0.05, 0) is 5.56 Å². The van der Waals surface area contributed by atoms with Crippen molar-refractivity contribution in [1.82, 2.24) is 10.3 Å². The minimum atomic E-state index is -0.0189. The summed E-state index contributed by atoms with van der Waals surface area (Å²) in [5.74, 6) is 1.28. The van der Waals surface area contributed by atoms with E-state index in [4.69, 9.17) is 9.40 Å². The number of hydrogen-bond donors (Lipinski definition) is 1. The van der Waals surface area contributed by atoms with Crippen LogP contribution in [0.3, 0.4) is 0 Å². The monoisotopic (exact) mass is 382 g/mol. The zero-order valence-electron chi connectivity index (χ0n) is 16.0. The summed E-state index contributed by atoms with van der Waals surface area (Å²) in [7, 11) is 0. The molecule has 4 heteroatoms. The summed E-state index contributed by atoms with van der Waals surface area (Å²) >= 11 is 0. The largest absolute Gasteiger partial charge is 0.440 e. The molecular formula is C25H22N2O2. The molecule has 0 aliphatic carbocycles. The third-order valence-electron chi connectivity index (χ3n) is 4.65. The lowest BCUT2D eigenvalue weighted by Crippen LogP contribution is -2.22. The molecule has 0 unspecified atom stereocenters. The van der Waals surface area contributed by atoms with Crippen LogP contribution in [0.15, 0.2) is 95.4 Å². The molecule has 1 heterocycles. The molecule has 4 nitrogen and oxygen atoms in total. The van der Waals surface area contributed by atoms with Crippen LogP contribution in [-0.2, 0) is 17.8 Å². The first kappa shape index (κ1) is 18.7. The maximum absolute atomic E-state index is 12.2. The van der Waals surface area contributed by atoms with Gasteiger partial charge in [0, 0.05) is 30.5 Å². The molecule has 0 aliphatic heterocycles. The fraction of sp³-hybridized carbons (Fsp3) is 0.120. The predicted octanol–water partition coefficient (Wildman–Crippen LogP) is 5.26. The molecule has 0 atom stereocenters. The smallest absolute Gasteiger partial charge is 0.220 e. The number of carbonyl (C=O) groups is 1. The Morgan fingerprint density at radius 1 is 0.793 bits per heavy atom. The SMILES string of the molecule is O=C(CCc1nc(-c2ccccc2)c(-c2ccccc2)o1)NCc1ccccc1. The van der Waals surface area contributed by atoms with E-state index in [2.05, 4.69) is 5.32 Å².